The number of benzene rings is 2. The van der Waals surface area contributed by atoms with Crippen molar-refractivity contribution in [3.05, 3.63) is 69.7 Å². The SMILES string of the molecule is Cc1sc2nc(-c3ccc4[nH]c(=O)oc4c3)c(C=O)n2c1-c1ccccc1. The van der Waals surface area contributed by atoms with Crippen molar-refractivity contribution in [2.45, 2.75) is 6.92 Å². The Labute approximate surface area is 156 Å². The number of aromatic nitrogens is 3. The molecule has 0 amide bonds. The second-order valence-corrected chi connectivity index (χ2v) is 7.36. The van der Waals surface area contributed by atoms with E-state index in [0.717, 1.165) is 32.9 Å². The van der Waals surface area contributed by atoms with Crippen LogP contribution in [-0.2, 0) is 0 Å². The highest BCUT2D eigenvalue weighted by Crippen LogP contribution is 2.36. The summed E-state index contributed by atoms with van der Waals surface area (Å²) < 4.78 is 7.04. The van der Waals surface area contributed by atoms with Crippen LogP contribution in [0.2, 0.25) is 0 Å². The van der Waals surface area contributed by atoms with Crippen LogP contribution in [0.3, 0.4) is 0 Å². The number of nitrogens with zero attached hydrogens (tertiary/aromatic N) is 2. The van der Waals surface area contributed by atoms with Crippen molar-refractivity contribution in [2.75, 3.05) is 0 Å². The average molecular weight is 375 g/mol. The lowest BCUT2D eigenvalue weighted by Gasteiger charge is -2.04. The van der Waals surface area contributed by atoms with E-state index in [1.165, 1.54) is 11.3 Å². The molecular formula is C20H13N3O3S. The van der Waals surface area contributed by atoms with E-state index in [9.17, 15) is 9.59 Å². The molecule has 0 atom stereocenters. The minimum Gasteiger partial charge on any atom is -0.408 e. The van der Waals surface area contributed by atoms with Crippen LogP contribution in [-0.4, -0.2) is 20.7 Å². The number of oxazole rings is 1. The summed E-state index contributed by atoms with van der Waals surface area (Å²) in [5.74, 6) is -0.509. The predicted molar refractivity (Wildman–Crippen MR) is 104 cm³/mol. The summed E-state index contributed by atoms with van der Waals surface area (Å²) in [7, 11) is 0. The van der Waals surface area contributed by atoms with Crippen molar-refractivity contribution in [3.63, 3.8) is 0 Å². The van der Waals surface area contributed by atoms with Gasteiger partial charge in [0.1, 0.15) is 11.4 Å². The lowest BCUT2D eigenvalue weighted by atomic mass is 10.1. The zero-order chi connectivity index (χ0) is 18.5. The Kier molecular flexibility index (Phi) is 3.38. The van der Waals surface area contributed by atoms with Crippen molar-refractivity contribution in [3.8, 4) is 22.5 Å². The predicted octanol–water partition coefficient (Wildman–Crippen LogP) is 4.29. The van der Waals surface area contributed by atoms with Gasteiger partial charge in [-0.15, -0.1) is 11.3 Å². The van der Waals surface area contributed by atoms with Crippen LogP contribution in [0.1, 0.15) is 15.4 Å². The molecule has 0 saturated heterocycles. The Bertz CT molecular complexity index is 1370. The smallest absolute Gasteiger partial charge is 0.408 e. The molecule has 0 aliphatic heterocycles. The Morgan fingerprint density at radius 2 is 1.96 bits per heavy atom. The second kappa shape index (κ2) is 5.78. The molecule has 132 valence electrons. The first kappa shape index (κ1) is 15.8. The lowest BCUT2D eigenvalue weighted by Crippen LogP contribution is -1.95. The molecule has 0 unspecified atom stereocenters. The first-order chi connectivity index (χ1) is 13.2. The van der Waals surface area contributed by atoms with Crippen molar-refractivity contribution in [2.24, 2.45) is 0 Å². The minimum absolute atomic E-state index is 0.435. The van der Waals surface area contributed by atoms with Gasteiger partial charge in [0, 0.05) is 10.4 Å². The zero-order valence-corrected chi connectivity index (χ0v) is 15.0. The first-order valence-corrected chi connectivity index (χ1v) is 9.13. The molecule has 27 heavy (non-hydrogen) atoms. The number of rotatable bonds is 3. The molecule has 0 aliphatic carbocycles. The van der Waals surface area contributed by atoms with Gasteiger partial charge in [0.2, 0.25) is 0 Å². The summed E-state index contributed by atoms with van der Waals surface area (Å²) in [4.78, 5) is 32.5. The molecule has 6 nitrogen and oxygen atoms in total. The van der Waals surface area contributed by atoms with E-state index in [1.807, 2.05) is 47.7 Å². The summed E-state index contributed by atoms with van der Waals surface area (Å²) >= 11 is 1.54. The fourth-order valence-electron chi connectivity index (χ4n) is 3.38. The van der Waals surface area contributed by atoms with Gasteiger partial charge in [-0.1, -0.05) is 36.4 Å². The number of aldehydes is 1. The highest BCUT2D eigenvalue weighted by atomic mass is 32.1. The van der Waals surface area contributed by atoms with Crippen molar-refractivity contribution < 1.29 is 9.21 Å². The zero-order valence-electron chi connectivity index (χ0n) is 14.2. The molecule has 5 rings (SSSR count). The molecule has 0 spiro atoms. The van der Waals surface area contributed by atoms with Gasteiger partial charge in [0.15, 0.2) is 16.8 Å². The summed E-state index contributed by atoms with van der Waals surface area (Å²) in [6.45, 7) is 2.02. The molecule has 3 heterocycles. The van der Waals surface area contributed by atoms with E-state index < -0.39 is 5.76 Å². The third kappa shape index (κ3) is 2.36. The fourth-order valence-corrected chi connectivity index (χ4v) is 4.38. The molecule has 0 aliphatic rings. The van der Waals surface area contributed by atoms with Gasteiger partial charge < -0.3 is 4.42 Å². The van der Waals surface area contributed by atoms with Crippen molar-refractivity contribution in [1.29, 1.82) is 0 Å². The number of aryl methyl sites for hydroxylation is 1. The summed E-state index contributed by atoms with van der Waals surface area (Å²) in [6, 6.07) is 15.2. The standard InChI is InChI=1S/C20H13N3O3S/c1-11-18(12-5-3-2-4-6-12)23-15(10-24)17(22-19(23)27-11)13-7-8-14-16(9-13)26-20(25)21-14/h2-10H,1H3,(H,21,25). The molecule has 0 fully saturated rings. The Morgan fingerprint density at radius 3 is 2.74 bits per heavy atom. The summed E-state index contributed by atoms with van der Waals surface area (Å²) in [5, 5.41) is 0. The third-order valence-electron chi connectivity index (χ3n) is 4.54. The summed E-state index contributed by atoms with van der Waals surface area (Å²) in [5.41, 5.74) is 4.80. The van der Waals surface area contributed by atoms with Gasteiger partial charge >= 0.3 is 5.76 Å². The van der Waals surface area contributed by atoms with E-state index in [1.54, 1.807) is 12.1 Å². The van der Waals surface area contributed by atoms with Crippen LogP contribution in [0, 0.1) is 6.92 Å². The molecular weight excluding hydrogens is 362 g/mol. The third-order valence-corrected chi connectivity index (χ3v) is 5.49. The van der Waals surface area contributed by atoms with E-state index in [2.05, 4.69) is 4.98 Å². The fraction of sp³-hybridized carbons (Fsp3) is 0.0500. The van der Waals surface area contributed by atoms with Crippen LogP contribution in [0.25, 0.3) is 38.6 Å². The average Bonchev–Trinajstić information content (AvgIpc) is 3.31. The van der Waals surface area contributed by atoms with E-state index >= 15 is 0 Å². The van der Waals surface area contributed by atoms with Gasteiger partial charge in [-0.3, -0.25) is 14.2 Å². The van der Waals surface area contributed by atoms with Crippen molar-refractivity contribution in [1.82, 2.24) is 14.4 Å². The second-order valence-electron chi connectivity index (χ2n) is 6.18. The Morgan fingerprint density at radius 1 is 1.15 bits per heavy atom. The van der Waals surface area contributed by atoms with Gasteiger partial charge in [-0.05, 0) is 24.6 Å². The molecule has 0 radical (unpaired) electrons. The molecule has 0 bridgehead atoms. The van der Waals surface area contributed by atoms with Crippen LogP contribution < -0.4 is 5.76 Å². The normalized spacial score (nSPS) is 11.4. The number of nitrogens with one attached hydrogen (secondary N) is 1. The first-order valence-electron chi connectivity index (χ1n) is 8.31. The monoisotopic (exact) mass is 375 g/mol. The molecule has 5 aromatic rings. The van der Waals surface area contributed by atoms with Crippen LogP contribution in [0.5, 0.6) is 0 Å². The number of hydrogen-bond acceptors (Lipinski definition) is 5. The van der Waals surface area contributed by atoms with E-state index in [0.29, 0.717) is 22.5 Å². The highest BCUT2D eigenvalue weighted by Gasteiger charge is 2.21. The number of fused-ring (bicyclic) bond motifs is 2. The quantitative estimate of drug-likeness (QED) is 0.477. The summed E-state index contributed by atoms with van der Waals surface area (Å²) in [6.07, 6.45) is 0.825. The molecule has 0 saturated carbocycles. The highest BCUT2D eigenvalue weighted by molar-refractivity contribution is 7.17. The molecule has 3 aromatic heterocycles. The topological polar surface area (TPSA) is 80.4 Å². The lowest BCUT2D eigenvalue weighted by molar-refractivity contribution is 0.111. The van der Waals surface area contributed by atoms with Crippen LogP contribution >= 0.6 is 11.3 Å². The Hall–Kier alpha value is -3.45. The van der Waals surface area contributed by atoms with E-state index in [-0.39, 0.29) is 0 Å². The maximum Gasteiger partial charge on any atom is 0.417 e. The van der Waals surface area contributed by atoms with Crippen LogP contribution in [0.15, 0.2) is 57.7 Å². The maximum absolute atomic E-state index is 12.0. The maximum atomic E-state index is 12.0. The molecule has 7 heteroatoms. The number of aromatic amines is 1. The number of hydrogen-bond donors (Lipinski definition) is 1. The van der Waals surface area contributed by atoms with Gasteiger partial charge in [-0.25, -0.2) is 9.78 Å². The minimum atomic E-state index is -0.509. The van der Waals surface area contributed by atoms with Crippen LogP contribution in [0.4, 0.5) is 0 Å². The largest absolute Gasteiger partial charge is 0.417 e. The van der Waals surface area contributed by atoms with Gasteiger partial charge in [-0.2, -0.15) is 0 Å². The number of carbonyl (C=O) groups excluding carboxylic acids is 1. The van der Waals surface area contributed by atoms with Crippen molar-refractivity contribution >= 4 is 33.7 Å². The number of carbonyl (C=O) groups is 1. The van der Waals surface area contributed by atoms with E-state index in [4.69, 9.17) is 9.40 Å². The molecule has 2 aromatic carbocycles. The van der Waals surface area contributed by atoms with Gasteiger partial charge in [0.25, 0.3) is 0 Å². The van der Waals surface area contributed by atoms with Gasteiger partial charge in [0.05, 0.1) is 11.2 Å². The number of H-pyrrole nitrogens is 1. The number of thiazole rings is 1. The number of imidazole rings is 1. The Balaban J connectivity index is 1.79. The molecule has 1 N–H and O–H groups in total.